The van der Waals surface area contributed by atoms with Crippen molar-refractivity contribution in [3.63, 3.8) is 0 Å². The molecule has 0 fully saturated rings. The molecule has 0 aliphatic heterocycles. The van der Waals surface area contributed by atoms with Crippen molar-refractivity contribution in [2.75, 3.05) is 24.3 Å². The monoisotopic (exact) mass is 654 g/mol. The van der Waals surface area contributed by atoms with Crippen molar-refractivity contribution in [2.45, 2.75) is 15.1 Å². The first-order chi connectivity index (χ1) is 22.4. The summed E-state index contributed by atoms with van der Waals surface area (Å²) < 4.78 is 40.4. The molecule has 0 aliphatic carbocycles. The highest BCUT2D eigenvalue weighted by molar-refractivity contribution is 7.99. The van der Waals surface area contributed by atoms with Gasteiger partial charge in [0.15, 0.2) is 24.2 Å². The minimum Gasteiger partial charge on any atom is -0.452 e. The molecule has 0 saturated heterocycles. The molecule has 0 amide bonds. The zero-order chi connectivity index (χ0) is 32.4. The van der Waals surface area contributed by atoms with Crippen molar-refractivity contribution in [2.24, 2.45) is 0 Å². The quantitative estimate of drug-likeness (QED) is 0.0711. The van der Waals surface area contributed by atoms with E-state index in [0.29, 0.717) is 17.1 Å². The predicted molar refractivity (Wildman–Crippen MR) is 164 cm³/mol. The molecule has 2 aromatic heterocycles. The number of anilines is 2. The number of nitriles is 1. The maximum absolute atomic E-state index is 12.8. The molecule has 15 heteroatoms. The SMILES string of the molecule is N#Cc1c(Nc2ccccc2)nc(SCC(=O)OCC#CCOc2no[n+]([O-])c2S(=O)(=O)c2ccccc2)nc1-c1ccccc1. The van der Waals surface area contributed by atoms with E-state index in [0.717, 1.165) is 17.4 Å². The number of nitrogens with one attached hydrogen (secondary N) is 1. The van der Waals surface area contributed by atoms with Crippen molar-refractivity contribution in [3.8, 4) is 35.0 Å². The van der Waals surface area contributed by atoms with Crippen LogP contribution in [0.25, 0.3) is 11.3 Å². The highest BCUT2D eigenvalue weighted by atomic mass is 32.2. The van der Waals surface area contributed by atoms with Crippen molar-refractivity contribution in [1.29, 1.82) is 5.26 Å². The first-order valence-electron chi connectivity index (χ1n) is 13.3. The van der Waals surface area contributed by atoms with Gasteiger partial charge in [0.25, 0.3) is 9.84 Å². The third-order valence-corrected chi connectivity index (χ3v) is 8.52. The first kappa shape index (κ1) is 31.5. The summed E-state index contributed by atoms with van der Waals surface area (Å²) >= 11 is 1.02. The molecule has 0 saturated carbocycles. The lowest BCUT2D eigenvalue weighted by Gasteiger charge is -2.12. The summed E-state index contributed by atoms with van der Waals surface area (Å²) in [6.07, 6.45) is 0. The number of carbonyl (C=O) groups excluding carboxylic acids is 1. The van der Waals surface area contributed by atoms with Gasteiger partial charge in [-0.25, -0.2) is 18.4 Å². The minimum absolute atomic E-state index is 0.144. The average molecular weight is 655 g/mol. The second kappa shape index (κ2) is 14.7. The third kappa shape index (κ3) is 7.59. The summed E-state index contributed by atoms with van der Waals surface area (Å²) in [7, 11) is -4.27. The number of benzene rings is 3. The van der Waals surface area contributed by atoms with E-state index < -0.39 is 26.7 Å². The molecule has 5 rings (SSSR count). The zero-order valence-electron chi connectivity index (χ0n) is 23.7. The summed E-state index contributed by atoms with van der Waals surface area (Å²) in [5.74, 6) is 4.10. The van der Waals surface area contributed by atoms with E-state index in [2.05, 4.69) is 43.0 Å². The van der Waals surface area contributed by atoms with Gasteiger partial charge in [0.2, 0.25) is 0 Å². The Hall–Kier alpha value is -5.90. The van der Waals surface area contributed by atoms with E-state index in [1.165, 1.54) is 24.3 Å². The first-order valence-corrected chi connectivity index (χ1v) is 15.8. The molecule has 5 aromatic rings. The van der Waals surface area contributed by atoms with Crippen LogP contribution in [0.2, 0.25) is 0 Å². The third-order valence-electron chi connectivity index (χ3n) is 5.97. The summed E-state index contributed by atoms with van der Waals surface area (Å²) in [6.45, 7) is -0.655. The Morgan fingerprint density at radius 3 is 2.30 bits per heavy atom. The molecule has 1 N–H and O–H groups in total. The fourth-order valence-corrected chi connectivity index (χ4v) is 5.83. The normalized spacial score (nSPS) is 10.7. The molecular weight excluding hydrogens is 633 g/mol. The van der Waals surface area contributed by atoms with Crippen LogP contribution in [0.3, 0.4) is 0 Å². The lowest BCUT2D eigenvalue weighted by Crippen LogP contribution is -2.30. The Morgan fingerprint density at radius 1 is 0.957 bits per heavy atom. The van der Waals surface area contributed by atoms with Gasteiger partial charge in [-0.1, -0.05) is 90.3 Å². The van der Waals surface area contributed by atoms with E-state index in [1.54, 1.807) is 6.07 Å². The molecule has 0 radical (unpaired) electrons. The Bertz CT molecular complexity index is 2040. The molecule has 0 unspecified atom stereocenters. The average Bonchev–Trinajstić information content (AvgIpc) is 3.47. The lowest BCUT2D eigenvalue weighted by atomic mass is 10.1. The molecule has 2 heterocycles. The second-order valence-electron chi connectivity index (χ2n) is 9.00. The van der Waals surface area contributed by atoms with E-state index in [4.69, 9.17) is 9.47 Å². The van der Waals surface area contributed by atoms with Gasteiger partial charge in [0.05, 0.1) is 21.5 Å². The number of sulfone groups is 1. The van der Waals surface area contributed by atoms with Gasteiger partial charge >= 0.3 is 16.9 Å². The maximum Gasteiger partial charge on any atom is 0.415 e. The van der Waals surface area contributed by atoms with Gasteiger partial charge in [-0.2, -0.15) is 5.26 Å². The Morgan fingerprint density at radius 2 is 1.61 bits per heavy atom. The molecule has 46 heavy (non-hydrogen) atoms. The van der Waals surface area contributed by atoms with Crippen LogP contribution in [-0.4, -0.2) is 48.5 Å². The largest absolute Gasteiger partial charge is 0.452 e. The summed E-state index contributed by atoms with van der Waals surface area (Å²) in [5, 5.41) is 27.9. The number of thioether (sulfide) groups is 1. The molecule has 0 atom stereocenters. The zero-order valence-corrected chi connectivity index (χ0v) is 25.3. The van der Waals surface area contributed by atoms with Gasteiger partial charge in [0, 0.05) is 11.3 Å². The molecule has 13 nitrogen and oxygen atoms in total. The predicted octanol–water partition coefficient (Wildman–Crippen LogP) is 3.93. The highest BCUT2D eigenvalue weighted by Gasteiger charge is 2.35. The van der Waals surface area contributed by atoms with Crippen molar-refractivity contribution in [1.82, 2.24) is 15.1 Å². The van der Waals surface area contributed by atoms with Crippen LogP contribution in [0.5, 0.6) is 5.88 Å². The fourth-order valence-electron chi connectivity index (χ4n) is 3.89. The highest BCUT2D eigenvalue weighted by Crippen LogP contribution is 2.30. The second-order valence-corrected chi connectivity index (χ2v) is 11.8. The van der Waals surface area contributed by atoms with Crippen LogP contribution in [-0.2, 0) is 19.4 Å². The van der Waals surface area contributed by atoms with Crippen LogP contribution in [0.1, 0.15) is 5.56 Å². The van der Waals surface area contributed by atoms with Crippen molar-refractivity contribution >= 4 is 39.1 Å². The molecule has 0 spiro atoms. The standard InChI is InChI=1S/C31H22N6O7S2/c32-20-25-27(22-12-4-1-5-13-22)34-31(35-28(25)33-23-14-6-2-7-15-23)45-21-26(38)42-18-10-11-19-43-29-30(37(39)44-36-29)46(40,41)24-16-8-3-9-17-24/h1-9,12-17H,18-19,21H2,(H,33,34,35). The molecular formula is C31H22N6O7S2. The number of hydrogen-bond donors (Lipinski definition) is 1. The van der Waals surface area contributed by atoms with E-state index in [1.807, 2.05) is 60.7 Å². The number of rotatable bonds is 11. The number of ether oxygens (including phenoxy) is 2. The van der Waals surface area contributed by atoms with E-state index in [9.17, 15) is 23.7 Å². The van der Waals surface area contributed by atoms with Crippen LogP contribution in [0.4, 0.5) is 11.5 Å². The Kier molecular flexibility index (Phi) is 10.1. The number of aromatic nitrogens is 4. The number of esters is 1. The summed E-state index contributed by atoms with van der Waals surface area (Å²) in [5.41, 5.74) is 2.09. The molecule has 0 aliphatic rings. The number of para-hydroxylation sites is 1. The fraction of sp³-hybridized carbons (Fsp3) is 0.0968. The van der Waals surface area contributed by atoms with Gasteiger partial charge < -0.3 is 20.0 Å². The summed E-state index contributed by atoms with van der Waals surface area (Å²) in [4.78, 5) is 21.0. The van der Waals surface area contributed by atoms with Crippen LogP contribution >= 0.6 is 11.8 Å². The number of nitrogens with zero attached hydrogens (tertiary/aromatic N) is 5. The van der Waals surface area contributed by atoms with Crippen LogP contribution in [0.15, 0.2) is 111 Å². The molecule has 0 bridgehead atoms. The Labute approximate surface area is 267 Å². The van der Waals surface area contributed by atoms with Gasteiger partial charge in [-0.15, -0.1) is 0 Å². The van der Waals surface area contributed by atoms with Gasteiger partial charge in [0.1, 0.15) is 11.6 Å². The van der Waals surface area contributed by atoms with Crippen LogP contribution in [0, 0.1) is 28.4 Å². The lowest BCUT2D eigenvalue weighted by molar-refractivity contribution is -0.832. The molecule has 230 valence electrons. The van der Waals surface area contributed by atoms with Crippen molar-refractivity contribution < 1.29 is 32.2 Å². The van der Waals surface area contributed by atoms with Crippen molar-refractivity contribution in [3.05, 3.63) is 102 Å². The van der Waals surface area contributed by atoms with E-state index >= 15 is 0 Å². The van der Waals surface area contributed by atoms with E-state index in [-0.39, 0.29) is 39.5 Å². The minimum atomic E-state index is -4.27. The van der Waals surface area contributed by atoms with Gasteiger partial charge in [-0.3, -0.25) is 9.42 Å². The van der Waals surface area contributed by atoms with Crippen LogP contribution < -0.4 is 15.0 Å². The number of hydrogen-bond acceptors (Lipinski definition) is 13. The molecule has 3 aromatic carbocycles. The topological polar surface area (TPSA) is 184 Å². The maximum atomic E-state index is 12.8. The Balaban J connectivity index is 1.19. The summed E-state index contributed by atoms with van der Waals surface area (Å²) in [6, 6.07) is 27.8. The number of carbonyl (C=O) groups is 1. The smallest absolute Gasteiger partial charge is 0.415 e. The van der Waals surface area contributed by atoms with Gasteiger partial charge in [-0.05, 0) is 29.2 Å².